The second-order valence-corrected chi connectivity index (χ2v) is 39.6. The highest BCUT2D eigenvalue weighted by Crippen LogP contribution is 2.50. The number of benzene rings is 21. The first-order chi connectivity index (χ1) is 78.4. The van der Waals surface area contributed by atoms with Crippen molar-refractivity contribution in [3.63, 3.8) is 0 Å². The Morgan fingerprint density at radius 1 is 0.147 bits per heavy atom. The van der Waals surface area contributed by atoms with Gasteiger partial charge in [0, 0.05) is 154 Å². The molecule has 21 aromatic carbocycles. The smallest absolute Gasteiger partial charge is 0.164 e. The predicted octanol–water partition coefficient (Wildman–Crippen LogP) is 37.4. The molecule has 12 nitrogen and oxygen atoms in total. The first kappa shape index (κ1) is 78.2. The van der Waals surface area contributed by atoms with Crippen LogP contribution in [0.5, 0.6) is 0 Å². The van der Waals surface area contributed by atoms with Crippen LogP contribution in [0.4, 0.5) is 0 Å². The van der Waals surface area contributed by atoms with Gasteiger partial charge in [0.25, 0.3) is 0 Å². The van der Waals surface area contributed by atoms with Gasteiger partial charge in [-0.1, -0.05) is 406 Å². The zero-order chi connectivity index (χ0) is 108. The number of para-hydroxylation sites is 3. The van der Waals surface area contributed by atoms with E-state index in [1.54, 1.807) is 22.7 Å². The third-order valence-electron chi connectivity index (χ3n) is 27.4. The summed E-state index contributed by atoms with van der Waals surface area (Å²) in [4.78, 5) is 44.6. The van der Waals surface area contributed by atoms with Crippen LogP contribution in [0, 0.1) is 0 Å². The topological polar surface area (TPSA) is 155 Å². The zero-order valence-corrected chi connectivity index (χ0v) is 81.9. The van der Waals surface area contributed by atoms with Gasteiger partial charge in [0.05, 0.1) is 13.7 Å². The SMILES string of the molecule is [2H]c1c([2H])c([2H])c(-c2cc(-c3nc(-c4ccccc4)nc(-c4ccc5c(c4)oc4ccccc45)n3)ccc2-c2cccc3c2sc2ccccc23)c([2H])c1[2H].[2H]c1c([2H])c([2H])c(-c2nc(-c3ccc(-c4cccc5c4sc4ccccc45)c(-c4ccccc4)c3)nc(-c3ccc4c(c3)oc3ccccc34)n2)c([2H])c1[2H].c1ccc(-c2nc(-c3cccc(-c4cccc5c4sc4c(-c6ccccc6)cccc45)c3)nc(-c3ccc4c(c3)oc3ccccc34)n2)cc1. The third kappa shape index (κ3) is 16.3. The number of hydrogen-bond acceptors (Lipinski definition) is 15. The molecule has 30 rings (SSSR count). The standard InChI is InChI=1S/3C45H27N3OS/c2*1-3-12-28(13-4-1)38-26-30(22-24-32(38)36-18-11-19-37-35-17-8-10-21-41(35)50-42(36)37)44-46-43(29-14-5-2-6-15-29)47-45(48-44)31-23-25-34-33-16-7-9-20-39(33)49-40(34)27-31;1-3-12-28(13-4-1)33-19-10-21-37-38-22-11-20-34(42(38)50-41(33)37)30-16-9-17-31(26-30)44-46-43(29-14-5-2-6-15-29)47-45(48-44)32-24-25-36-35-18-7-8-23-39(35)49-40(36)27-32/h3*1-27H/i2D,5D,6D,14D,15D;1D,3D,4D,12D,13D;. The summed E-state index contributed by atoms with van der Waals surface area (Å²) in [5, 5.41) is 13.3. The Bertz CT molecular complexity index is 11200. The van der Waals surface area contributed by atoms with Gasteiger partial charge < -0.3 is 13.3 Å². The highest BCUT2D eigenvalue weighted by molar-refractivity contribution is 7.27. The van der Waals surface area contributed by atoms with Gasteiger partial charge in [-0.25, -0.2) is 44.9 Å². The van der Waals surface area contributed by atoms with Crippen LogP contribution < -0.4 is 0 Å². The molecule has 9 heterocycles. The molecule has 0 saturated heterocycles. The molecule has 0 atom stereocenters. The van der Waals surface area contributed by atoms with Gasteiger partial charge in [0.15, 0.2) is 52.4 Å². The lowest BCUT2D eigenvalue weighted by Crippen LogP contribution is -2.00. The van der Waals surface area contributed by atoms with Gasteiger partial charge in [0.1, 0.15) is 33.5 Å². The van der Waals surface area contributed by atoms with E-state index in [4.69, 9.17) is 71.8 Å². The first-order valence-corrected chi connectivity index (χ1v) is 51.4. The molecule has 15 heteroatoms. The van der Waals surface area contributed by atoms with Gasteiger partial charge in [0.2, 0.25) is 0 Å². The highest BCUT2D eigenvalue weighted by Gasteiger charge is 2.26. The fraction of sp³-hybridized carbons (Fsp3) is 0. The summed E-state index contributed by atoms with van der Waals surface area (Å²) in [5.74, 6) is 3.66. The van der Waals surface area contributed by atoms with Crippen molar-refractivity contribution in [3.8, 4) is 169 Å². The Balaban J connectivity index is 0.000000113. The number of fused-ring (bicyclic) bond motifs is 18. The van der Waals surface area contributed by atoms with Crippen molar-refractivity contribution in [2.45, 2.75) is 0 Å². The summed E-state index contributed by atoms with van der Waals surface area (Å²) in [6.45, 7) is 0. The molecule has 0 amide bonds. The van der Waals surface area contributed by atoms with Crippen LogP contribution in [-0.4, -0.2) is 44.9 Å². The van der Waals surface area contributed by atoms with Crippen LogP contribution in [0.25, 0.3) is 296 Å². The Morgan fingerprint density at radius 3 is 0.813 bits per heavy atom. The lowest BCUT2D eigenvalue weighted by molar-refractivity contribution is 0.668. The Hall–Kier alpha value is -19.3. The van der Waals surface area contributed by atoms with E-state index in [-0.39, 0.29) is 34.9 Å². The van der Waals surface area contributed by atoms with Crippen molar-refractivity contribution in [1.82, 2.24) is 44.9 Å². The Kier molecular flexibility index (Phi) is 19.7. The first-order valence-electron chi connectivity index (χ1n) is 54.0. The molecule has 0 bridgehead atoms. The molecule has 0 radical (unpaired) electrons. The number of furan rings is 3. The molecule has 0 aliphatic rings. The molecule has 702 valence electrons. The van der Waals surface area contributed by atoms with Crippen LogP contribution in [-0.2, 0) is 0 Å². The van der Waals surface area contributed by atoms with E-state index in [9.17, 15) is 0 Å². The molecule has 0 aliphatic carbocycles. The Morgan fingerprint density at radius 2 is 0.407 bits per heavy atom. The van der Waals surface area contributed by atoms with Crippen LogP contribution in [0.15, 0.2) is 504 Å². The van der Waals surface area contributed by atoms with Crippen LogP contribution in [0.1, 0.15) is 13.7 Å². The van der Waals surface area contributed by atoms with E-state index in [0.717, 1.165) is 142 Å². The van der Waals surface area contributed by atoms with Crippen molar-refractivity contribution in [2.24, 2.45) is 0 Å². The Labute approximate surface area is 886 Å². The zero-order valence-electron chi connectivity index (χ0n) is 89.5. The molecule has 0 spiro atoms. The third-order valence-corrected chi connectivity index (χ3v) is 31.2. The maximum atomic E-state index is 9.04. The summed E-state index contributed by atoms with van der Waals surface area (Å²) >= 11 is 5.30. The minimum Gasteiger partial charge on any atom is -0.456 e. The van der Waals surface area contributed by atoms with Gasteiger partial charge in [-0.3, -0.25) is 0 Å². The minimum absolute atomic E-state index is 0.0258. The molecular weight excluding hydrogens is 1890 g/mol. The summed E-state index contributed by atoms with van der Waals surface area (Å²) in [7, 11) is 0. The second kappa shape index (κ2) is 37.7. The molecular formula is C135H81N9O3S3. The molecule has 0 N–H and O–H groups in total. The van der Waals surface area contributed by atoms with Crippen LogP contribution >= 0.6 is 34.0 Å². The predicted molar refractivity (Wildman–Crippen MR) is 622 cm³/mol. The van der Waals surface area contributed by atoms with Gasteiger partial charge >= 0.3 is 0 Å². The average molecular weight is 1980 g/mol. The summed E-state index contributed by atoms with van der Waals surface area (Å²) < 4.78 is 112. The van der Waals surface area contributed by atoms with E-state index >= 15 is 0 Å². The normalized spacial score (nSPS) is 12.5. The lowest BCUT2D eigenvalue weighted by Gasteiger charge is -2.14. The van der Waals surface area contributed by atoms with Crippen LogP contribution in [0.2, 0.25) is 0 Å². The number of aromatic nitrogens is 9. The number of thiophene rings is 3. The van der Waals surface area contributed by atoms with Crippen molar-refractivity contribution >= 4 is 160 Å². The molecule has 0 fully saturated rings. The van der Waals surface area contributed by atoms with Gasteiger partial charge in [-0.05, 0) is 141 Å². The lowest BCUT2D eigenvalue weighted by atomic mass is 9.92. The number of nitrogens with zero attached hydrogens (tertiary/aromatic N) is 9. The quantitative estimate of drug-likeness (QED) is 0.0959. The van der Waals surface area contributed by atoms with Gasteiger partial charge in [-0.2, -0.15) is 0 Å². The number of rotatable bonds is 15. The summed E-state index contributed by atoms with van der Waals surface area (Å²) in [6.07, 6.45) is 0. The van der Waals surface area contributed by atoms with E-state index in [0.29, 0.717) is 74.2 Å². The molecule has 0 unspecified atom stereocenters. The summed E-state index contributed by atoms with van der Waals surface area (Å²) in [6, 6.07) is 141. The van der Waals surface area contributed by atoms with Gasteiger partial charge in [-0.15, -0.1) is 34.0 Å². The maximum absolute atomic E-state index is 9.04. The van der Waals surface area contributed by atoms with Crippen molar-refractivity contribution in [1.29, 1.82) is 0 Å². The number of hydrogen-bond donors (Lipinski definition) is 0. The van der Waals surface area contributed by atoms with Crippen molar-refractivity contribution in [2.75, 3.05) is 0 Å². The van der Waals surface area contributed by atoms with E-state index < -0.39 is 48.3 Å². The second-order valence-electron chi connectivity index (χ2n) is 36.4. The average Bonchev–Trinajstić information content (AvgIpc) is 1.25. The fourth-order valence-corrected chi connectivity index (χ4v) is 24.2. The van der Waals surface area contributed by atoms with Crippen LogP contribution in [0.3, 0.4) is 0 Å². The largest absolute Gasteiger partial charge is 0.456 e. The maximum Gasteiger partial charge on any atom is 0.164 e. The van der Waals surface area contributed by atoms with E-state index in [1.807, 2.05) is 248 Å². The monoisotopic (exact) mass is 1980 g/mol. The van der Waals surface area contributed by atoms with Crippen molar-refractivity contribution in [3.05, 3.63) is 491 Å². The fourth-order valence-electron chi connectivity index (χ4n) is 20.3. The molecule has 0 saturated carbocycles. The summed E-state index contributed by atoms with van der Waals surface area (Å²) in [5.41, 5.74) is 21.8. The van der Waals surface area contributed by atoms with E-state index in [1.165, 1.54) is 57.0 Å². The molecule has 30 aromatic rings. The molecule has 150 heavy (non-hydrogen) atoms. The van der Waals surface area contributed by atoms with Crippen molar-refractivity contribution < 1.29 is 27.0 Å². The minimum atomic E-state index is -0.486. The van der Waals surface area contributed by atoms with E-state index in [2.05, 4.69) is 194 Å². The molecule has 0 aliphatic heterocycles. The molecule has 9 aromatic heterocycles. The highest BCUT2D eigenvalue weighted by atomic mass is 32.1.